The minimum absolute atomic E-state index is 0.114. The van der Waals surface area contributed by atoms with E-state index < -0.39 is 0 Å². The summed E-state index contributed by atoms with van der Waals surface area (Å²) in [5, 5.41) is 1.24. The van der Waals surface area contributed by atoms with Gasteiger partial charge in [0.25, 0.3) is 0 Å². The molecule has 1 rings (SSSR count). The second-order valence-electron chi connectivity index (χ2n) is 6.57. The van der Waals surface area contributed by atoms with Gasteiger partial charge in [-0.05, 0) is 30.8 Å². The SMILES string of the molecule is CCCCC(C)(CC)c1nc(C(C)(C)CCC)ns1. The number of hydrogen-bond donors (Lipinski definition) is 0. The summed E-state index contributed by atoms with van der Waals surface area (Å²) in [5.41, 5.74) is 0.330. The molecule has 1 unspecified atom stereocenters. The predicted molar refractivity (Wildman–Crippen MR) is 85.0 cm³/mol. The van der Waals surface area contributed by atoms with Crippen molar-refractivity contribution < 1.29 is 0 Å². The van der Waals surface area contributed by atoms with Gasteiger partial charge in [0, 0.05) is 10.8 Å². The van der Waals surface area contributed by atoms with Gasteiger partial charge in [0.15, 0.2) is 0 Å². The molecule has 0 aliphatic carbocycles. The molecule has 0 saturated heterocycles. The van der Waals surface area contributed by atoms with Crippen LogP contribution < -0.4 is 0 Å². The van der Waals surface area contributed by atoms with E-state index in [1.165, 1.54) is 30.7 Å². The average Bonchev–Trinajstić information content (AvgIpc) is 2.87. The third kappa shape index (κ3) is 4.01. The van der Waals surface area contributed by atoms with Crippen molar-refractivity contribution in [2.24, 2.45) is 0 Å². The highest BCUT2D eigenvalue weighted by molar-refractivity contribution is 7.05. The maximum atomic E-state index is 4.90. The van der Waals surface area contributed by atoms with Crippen molar-refractivity contribution in [1.29, 1.82) is 0 Å². The first kappa shape index (κ1) is 16.6. The minimum atomic E-state index is 0.114. The van der Waals surface area contributed by atoms with Gasteiger partial charge in [0.2, 0.25) is 0 Å². The fraction of sp³-hybridized carbons (Fsp3) is 0.875. The zero-order valence-electron chi connectivity index (χ0n) is 13.5. The molecule has 1 atom stereocenters. The molecule has 0 fully saturated rings. The molecule has 0 aliphatic rings. The molecule has 0 aromatic carbocycles. The van der Waals surface area contributed by atoms with Crippen LogP contribution in [0.4, 0.5) is 0 Å². The van der Waals surface area contributed by atoms with E-state index >= 15 is 0 Å². The molecule has 0 radical (unpaired) electrons. The van der Waals surface area contributed by atoms with Gasteiger partial charge >= 0.3 is 0 Å². The van der Waals surface area contributed by atoms with Gasteiger partial charge < -0.3 is 0 Å². The molecule has 0 bridgehead atoms. The van der Waals surface area contributed by atoms with E-state index in [1.807, 2.05) is 0 Å². The fourth-order valence-corrected chi connectivity index (χ4v) is 3.54. The summed E-state index contributed by atoms with van der Waals surface area (Å²) >= 11 is 1.62. The molecule has 1 aromatic heterocycles. The van der Waals surface area contributed by atoms with Gasteiger partial charge in [-0.3, -0.25) is 0 Å². The van der Waals surface area contributed by atoms with Crippen LogP contribution in [0.1, 0.15) is 90.9 Å². The number of rotatable bonds is 8. The normalized spacial score (nSPS) is 15.5. The molecule has 3 heteroatoms. The summed E-state index contributed by atoms with van der Waals surface area (Å²) in [7, 11) is 0. The predicted octanol–water partition coefficient (Wildman–Crippen LogP) is 5.47. The largest absolute Gasteiger partial charge is 0.223 e. The van der Waals surface area contributed by atoms with Gasteiger partial charge in [-0.15, -0.1) is 0 Å². The van der Waals surface area contributed by atoms with Crippen molar-refractivity contribution in [3.63, 3.8) is 0 Å². The van der Waals surface area contributed by atoms with Crippen LogP contribution >= 0.6 is 11.5 Å². The van der Waals surface area contributed by atoms with Gasteiger partial charge in [-0.1, -0.05) is 60.8 Å². The second-order valence-corrected chi connectivity index (χ2v) is 7.33. The van der Waals surface area contributed by atoms with Gasteiger partial charge in [-0.2, -0.15) is 4.37 Å². The number of aromatic nitrogens is 2. The molecule has 110 valence electrons. The average molecular weight is 282 g/mol. The highest BCUT2D eigenvalue weighted by Crippen LogP contribution is 2.36. The van der Waals surface area contributed by atoms with E-state index in [1.54, 1.807) is 11.5 Å². The highest BCUT2D eigenvalue weighted by Gasteiger charge is 2.31. The van der Waals surface area contributed by atoms with Gasteiger partial charge in [0.05, 0.1) is 0 Å². The molecule has 19 heavy (non-hydrogen) atoms. The van der Waals surface area contributed by atoms with E-state index in [4.69, 9.17) is 4.98 Å². The molecular formula is C16H30N2S. The highest BCUT2D eigenvalue weighted by atomic mass is 32.1. The summed E-state index contributed by atoms with van der Waals surface area (Å²) in [6.45, 7) is 13.6. The van der Waals surface area contributed by atoms with E-state index in [-0.39, 0.29) is 10.8 Å². The first-order chi connectivity index (χ1) is 8.89. The Morgan fingerprint density at radius 2 is 1.68 bits per heavy atom. The number of unbranched alkanes of at least 4 members (excludes halogenated alkanes) is 1. The topological polar surface area (TPSA) is 25.8 Å². The smallest absolute Gasteiger partial charge is 0.148 e. The molecule has 2 nitrogen and oxygen atoms in total. The van der Waals surface area contributed by atoms with Crippen molar-refractivity contribution in [3.8, 4) is 0 Å². The Hall–Kier alpha value is -0.440. The summed E-state index contributed by atoms with van der Waals surface area (Å²) in [6, 6.07) is 0. The maximum Gasteiger partial charge on any atom is 0.148 e. The maximum absolute atomic E-state index is 4.90. The third-order valence-electron chi connectivity index (χ3n) is 4.29. The van der Waals surface area contributed by atoms with E-state index in [0.717, 1.165) is 18.7 Å². The van der Waals surface area contributed by atoms with Crippen LogP contribution in [0, 0.1) is 0 Å². The Morgan fingerprint density at radius 1 is 1.00 bits per heavy atom. The zero-order chi connectivity index (χ0) is 14.5. The lowest BCUT2D eigenvalue weighted by Gasteiger charge is -2.25. The Balaban J connectivity index is 2.93. The molecule has 0 saturated carbocycles. The van der Waals surface area contributed by atoms with Crippen molar-refractivity contribution in [1.82, 2.24) is 9.36 Å². The summed E-state index contributed by atoms with van der Waals surface area (Å²) in [4.78, 5) is 4.90. The van der Waals surface area contributed by atoms with Crippen molar-refractivity contribution in [2.75, 3.05) is 0 Å². The Kier molecular flexibility index (Phi) is 5.97. The molecule has 1 aromatic rings. The lowest BCUT2D eigenvalue weighted by atomic mass is 9.82. The number of hydrogen-bond acceptors (Lipinski definition) is 3. The standard InChI is InChI=1S/C16H30N2S/c1-7-10-12-16(6,9-3)14-17-13(18-19-14)15(4,5)11-8-2/h7-12H2,1-6H3. The summed E-state index contributed by atoms with van der Waals surface area (Å²) in [5.74, 6) is 1.05. The lowest BCUT2D eigenvalue weighted by molar-refractivity contribution is 0.394. The van der Waals surface area contributed by atoms with Crippen molar-refractivity contribution >= 4 is 11.5 Å². The van der Waals surface area contributed by atoms with Crippen LogP contribution in [0.25, 0.3) is 0 Å². The molecule has 0 amide bonds. The van der Waals surface area contributed by atoms with Crippen molar-refractivity contribution in [3.05, 3.63) is 10.8 Å². The summed E-state index contributed by atoms with van der Waals surface area (Å²) in [6.07, 6.45) is 7.24. The van der Waals surface area contributed by atoms with E-state index in [9.17, 15) is 0 Å². The van der Waals surface area contributed by atoms with Crippen LogP contribution in [0.2, 0.25) is 0 Å². The Morgan fingerprint density at radius 3 is 2.21 bits per heavy atom. The van der Waals surface area contributed by atoms with Crippen LogP contribution in [-0.4, -0.2) is 9.36 Å². The number of nitrogens with zero attached hydrogens (tertiary/aromatic N) is 2. The fourth-order valence-electron chi connectivity index (χ4n) is 2.48. The lowest BCUT2D eigenvalue weighted by Crippen LogP contribution is -2.22. The van der Waals surface area contributed by atoms with Crippen LogP contribution in [0.3, 0.4) is 0 Å². The quantitative estimate of drug-likeness (QED) is 0.631. The molecule has 0 N–H and O–H groups in total. The van der Waals surface area contributed by atoms with E-state index in [2.05, 4.69) is 45.9 Å². The van der Waals surface area contributed by atoms with Crippen molar-refractivity contribution in [2.45, 2.75) is 90.9 Å². The summed E-state index contributed by atoms with van der Waals surface area (Å²) < 4.78 is 4.66. The zero-order valence-corrected chi connectivity index (χ0v) is 14.4. The molecule has 1 heterocycles. The molecular weight excluding hydrogens is 252 g/mol. The Bertz CT molecular complexity index is 384. The molecule has 0 spiro atoms. The van der Waals surface area contributed by atoms with Crippen LogP contribution in [0.15, 0.2) is 0 Å². The Labute approximate surface area is 123 Å². The minimum Gasteiger partial charge on any atom is -0.223 e. The first-order valence-corrected chi connectivity index (χ1v) is 8.51. The third-order valence-corrected chi connectivity index (χ3v) is 5.31. The van der Waals surface area contributed by atoms with Crippen LogP contribution in [-0.2, 0) is 10.8 Å². The van der Waals surface area contributed by atoms with Crippen LogP contribution in [0.5, 0.6) is 0 Å². The second kappa shape index (κ2) is 6.83. The first-order valence-electron chi connectivity index (χ1n) is 7.74. The monoisotopic (exact) mass is 282 g/mol. The van der Waals surface area contributed by atoms with E-state index in [0.29, 0.717) is 0 Å². The molecule has 0 aliphatic heterocycles. The van der Waals surface area contributed by atoms with Gasteiger partial charge in [-0.25, -0.2) is 4.98 Å². The van der Waals surface area contributed by atoms with Gasteiger partial charge in [0.1, 0.15) is 10.8 Å².